The van der Waals surface area contributed by atoms with E-state index in [1.807, 2.05) is 0 Å². The highest BCUT2D eigenvalue weighted by molar-refractivity contribution is 5.84. The van der Waals surface area contributed by atoms with E-state index < -0.39 is 17.8 Å². The first-order valence-electron chi connectivity index (χ1n) is 5.65. The lowest BCUT2D eigenvalue weighted by Gasteiger charge is -2.21. The van der Waals surface area contributed by atoms with Crippen LogP contribution in [0.15, 0.2) is 0 Å². The maximum atomic E-state index is 11.7. The van der Waals surface area contributed by atoms with Crippen LogP contribution in [0.1, 0.15) is 19.8 Å². The van der Waals surface area contributed by atoms with Gasteiger partial charge in [0.05, 0.1) is 19.6 Å². The van der Waals surface area contributed by atoms with Crippen molar-refractivity contribution in [3.8, 4) is 0 Å². The van der Waals surface area contributed by atoms with Crippen LogP contribution in [-0.2, 0) is 23.9 Å². The van der Waals surface area contributed by atoms with E-state index in [1.54, 1.807) is 6.92 Å². The van der Waals surface area contributed by atoms with Gasteiger partial charge in [-0.3, -0.25) is 14.4 Å². The van der Waals surface area contributed by atoms with Gasteiger partial charge in [0.1, 0.15) is 6.54 Å². The molecule has 0 fully saturated rings. The summed E-state index contributed by atoms with van der Waals surface area (Å²) >= 11 is 0. The van der Waals surface area contributed by atoms with Crippen LogP contribution in [0.3, 0.4) is 0 Å². The van der Waals surface area contributed by atoms with Gasteiger partial charge in [-0.2, -0.15) is 0 Å². The molecule has 0 aromatic heterocycles. The van der Waals surface area contributed by atoms with E-state index in [1.165, 1.54) is 12.0 Å². The van der Waals surface area contributed by atoms with Crippen LogP contribution < -0.4 is 0 Å². The van der Waals surface area contributed by atoms with Crippen molar-refractivity contribution in [1.82, 2.24) is 4.90 Å². The number of carbonyl (C=O) groups excluding carboxylic acids is 2. The first kappa shape index (κ1) is 16.4. The Kier molecular flexibility index (Phi) is 8.55. The van der Waals surface area contributed by atoms with Crippen molar-refractivity contribution < 1.29 is 29.0 Å². The molecule has 1 N–H and O–H groups in total. The van der Waals surface area contributed by atoms with Crippen LogP contribution in [0, 0.1) is 0 Å². The van der Waals surface area contributed by atoms with Gasteiger partial charge in [0.25, 0.3) is 0 Å². The number of carboxylic acids is 1. The van der Waals surface area contributed by atoms with Crippen molar-refractivity contribution in [2.75, 3.05) is 33.4 Å². The zero-order valence-corrected chi connectivity index (χ0v) is 10.7. The smallest absolute Gasteiger partial charge is 0.325 e. The largest absolute Gasteiger partial charge is 0.481 e. The standard InChI is InChI=1S/C11H19NO6/c1-3-18-11(16)8-12(6-7-17-2)9(13)4-5-10(14)15/h3-8H2,1-2H3,(H,14,15). The molecule has 0 unspecified atom stereocenters. The number of amides is 1. The summed E-state index contributed by atoms with van der Waals surface area (Å²) in [4.78, 5) is 34.6. The van der Waals surface area contributed by atoms with Crippen molar-refractivity contribution in [2.45, 2.75) is 19.8 Å². The first-order chi connectivity index (χ1) is 8.51. The van der Waals surface area contributed by atoms with E-state index in [0.717, 1.165) is 0 Å². The average Bonchev–Trinajstić information content (AvgIpc) is 2.31. The van der Waals surface area contributed by atoms with Crippen LogP contribution in [0.25, 0.3) is 0 Å². The van der Waals surface area contributed by atoms with Gasteiger partial charge in [0.15, 0.2) is 0 Å². The summed E-state index contributed by atoms with van der Waals surface area (Å²) < 4.78 is 9.57. The number of carboxylic acid groups (broad SMARTS) is 1. The molecule has 104 valence electrons. The number of esters is 1. The molecule has 7 nitrogen and oxygen atoms in total. The van der Waals surface area contributed by atoms with Gasteiger partial charge in [0, 0.05) is 20.1 Å². The van der Waals surface area contributed by atoms with Crippen molar-refractivity contribution in [3.05, 3.63) is 0 Å². The second-order valence-electron chi connectivity index (χ2n) is 3.51. The minimum atomic E-state index is -1.05. The fourth-order valence-electron chi connectivity index (χ4n) is 1.23. The maximum Gasteiger partial charge on any atom is 0.325 e. The van der Waals surface area contributed by atoms with Gasteiger partial charge in [-0.25, -0.2) is 0 Å². The van der Waals surface area contributed by atoms with E-state index in [2.05, 4.69) is 0 Å². The minimum Gasteiger partial charge on any atom is -0.481 e. The van der Waals surface area contributed by atoms with E-state index in [4.69, 9.17) is 14.6 Å². The molecule has 0 rings (SSSR count). The molecule has 0 bridgehead atoms. The van der Waals surface area contributed by atoms with Crippen molar-refractivity contribution in [1.29, 1.82) is 0 Å². The Morgan fingerprint density at radius 2 is 1.89 bits per heavy atom. The van der Waals surface area contributed by atoms with Crippen molar-refractivity contribution >= 4 is 17.8 Å². The number of methoxy groups -OCH3 is 1. The quantitative estimate of drug-likeness (QED) is 0.582. The van der Waals surface area contributed by atoms with Crippen LogP contribution in [0.2, 0.25) is 0 Å². The van der Waals surface area contributed by atoms with Gasteiger partial charge in [-0.05, 0) is 6.92 Å². The summed E-state index contributed by atoms with van der Waals surface area (Å²) in [5.41, 5.74) is 0. The summed E-state index contributed by atoms with van der Waals surface area (Å²) in [5.74, 6) is -1.97. The van der Waals surface area contributed by atoms with E-state index >= 15 is 0 Å². The first-order valence-corrected chi connectivity index (χ1v) is 5.65. The molecule has 0 saturated heterocycles. The van der Waals surface area contributed by atoms with Crippen molar-refractivity contribution in [3.63, 3.8) is 0 Å². The van der Waals surface area contributed by atoms with Crippen LogP contribution in [0.5, 0.6) is 0 Å². The van der Waals surface area contributed by atoms with Gasteiger partial charge in [-0.15, -0.1) is 0 Å². The van der Waals surface area contributed by atoms with E-state index in [0.29, 0.717) is 0 Å². The molecule has 0 spiro atoms. The van der Waals surface area contributed by atoms with Crippen LogP contribution >= 0.6 is 0 Å². The molecule has 0 heterocycles. The molecule has 0 radical (unpaired) electrons. The molecule has 0 aromatic carbocycles. The van der Waals surface area contributed by atoms with E-state index in [-0.39, 0.29) is 39.1 Å². The maximum absolute atomic E-state index is 11.7. The third-order valence-electron chi connectivity index (χ3n) is 2.10. The third-order valence-corrected chi connectivity index (χ3v) is 2.10. The molecule has 0 atom stereocenters. The molecule has 7 heteroatoms. The highest BCUT2D eigenvalue weighted by Gasteiger charge is 2.18. The predicted octanol–water partition coefficient (Wildman–Crippen LogP) is -0.111. The molecule has 1 amide bonds. The zero-order valence-electron chi connectivity index (χ0n) is 10.7. The lowest BCUT2D eigenvalue weighted by molar-refractivity contribution is -0.149. The van der Waals surface area contributed by atoms with Crippen molar-refractivity contribution in [2.24, 2.45) is 0 Å². The SMILES string of the molecule is CCOC(=O)CN(CCOC)C(=O)CCC(=O)O. The number of nitrogens with zero attached hydrogens (tertiary/aromatic N) is 1. The number of ether oxygens (including phenoxy) is 2. The molecular formula is C11H19NO6. The number of carbonyl (C=O) groups is 3. The summed E-state index contributed by atoms with van der Waals surface area (Å²) in [7, 11) is 1.48. The second kappa shape index (κ2) is 9.41. The molecule has 0 aliphatic carbocycles. The fraction of sp³-hybridized carbons (Fsp3) is 0.727. The van der Waals surface area contributed by atoms with Crippen LogP contribution in [-0.4, -0.2) is 61.3 Å². The normalized spacial score (nSPS) is 9.89. The Balaban J connectivity index is 4.31. The Bertz CT molecular complexity index is 291. The Morgan fingerprint density at radius 1 is 1.22 bits per heavy atom. The second-order valence-corrected chi connectivity index (χ2v) is 3.51. The Morgan fingerprint density at radius 3 is 2.39 bits per heavy atom. The minimum absolute atomic E-state index is 0.140. The topological polar surface area (TPSA) is 93.1 Å². The van der Waals surface area contributed by atoms with Gasteiger partial charge >= 0.3 is 11.9 Å². The Hall–Kier alpha value is -1.63. The number of rotatable bonds is 9. The average molecular weight is 261 g/mol. The summed E-state index contributed by atoms with van der Waals surface area (Å²) in [6, 6.07) is 0. The lowest BCUT2D eigenvalue weighted by atomic mass is 10.2. The van der Waals surface area contributed by atoms with Gasteiger partial charge in [0.2, 0.25) is 5.91 Å². The number of hydrogen-bond acceptors (Lipinski definition) is 5. The molecular weight excluding hydrogens is 242 g/mol. The summed E-state index contributed by atoms with van der Waals surface area (Å²) in [6.07, 6.45) is -0.399. The highest BCUT2D eigenvalue weighted by atomic mass is 16.5. The molecule has 18 heavy (non-hydrogen) atoms. The lowest BCUT2D eigenvalue weighted by Crippen LogP contribution is -2.38. The fourth-order valence-corrected chi connectivity index (χ4v) is 1.23. The predicted molar refractivity (Wildman–Crippen MR) is 62.0 cm³/mol. The van der Waals surface area contributed by atoms with Crippen LogP contribution in [0.4, 0.5) is 0 Å². The highest BCUT2D eigenvalue weighted by Crippen LogP contribution is 1.99. The summed E-state index contributed by atoms with van der Waals surface area (Å²) in [6.45, 7) is 2.23. The number of hydrogen-bond donors (Lipinski definition) is 1. The van der Waals surface area contributed by atoms with E-state index in [9.17, 15) is 14.4 Å². The van der Waals surface area contributed by atoms with Gasteiger partial charge < -0.3 is 19.5 Å². The Labute approximate surface area is 106 Å². The molecule has 0 aliphatic heterocycles. The zero-order chi connectivity index (χ0) is 14.0. The third kappa shape index (κ3) is 7.61. The van der Waals surface area contributed by atoms with Gasteiger partial charge in [-0.1, -0.05) is 0 Å². The molecule has 0 aliphatic rings. The number of aliphatic carboxylic acids is 1. The molecule has 0 saturated carbocycles. The monoisotopic (exact) mass is 261 g/mol. The molecule has 0 aromatic rings. The summed E-state index contributed by atoms with van der Waals surface area (Å²) in [5, 5.41) is 8.50.